The minimum atomic E-state index is 0.712. The summed E-state index contributed by atoms with van der Waals surface area (Å²) in [6.07, 6.45) is 25.6. The SMILES string of the molecule is C/C=C\C=C/C1=CC(CNCCN(CCNC/C(=C/C=C\CC)c2ccccc2)CCC(C)C)=C=CC=C1. The van der Waals surface area contributed by atoms with Gasteiger partial charge in [0.25, 0.3) is 0 Å². The lowest BCUT2D eigenvalue weighted by atomic mass is 10.1. The average Bonchev–Trinajstić information content (AvgIpc) is 3.16. The van der Waals surface area contributed by atoms with Crippen LogP contribution in [-0.4, -0.2) is 50.7 Å². The third-order valence-electron chi connectivity index (χ3n) is 6.26. The molecule has 0 aliphatic heterocycles. The van der Waals surface area contributed by atoms with Crippen LogP contribution in [0.1, 0.15) is 46.1 Å². The monoisotopic (exact) mass is 511 g/mol. The second kappa shape index (κ2) is 20.1. The summed E-state index contributed by atoms with van der Waals surface area (Å²) >= 11 is 0. The largest absolute Gasteiger partial charge is 0.311 e. The van der Waals surface area contributed by atoms with Crippen LogP contribution >= 0.6 is 0 Å². The number of hydrogen-bond acceptors (Lipinski definition) is 3. The van der Waals surface area contributed by atoms with Gasteiger partial charge < -0.3 is 15.5 Å². The van der Waals surface area contributed by atoms with Gasteiger partial charge in [-0.1, -0.05) is 106 Å². The van der Waals surface area contributed by atoms with E-state index in [0.717, 1.165) is 52.2 Å². The molecule has 0 aromatic heterocycles. The third-order valence-corrected chi connectivity index (χ3v) is 6.26. The Morgan fingerprint density at radius 3 is 2.53 bits per heavy atom. The predicted octanol–water partition coefficient (Wildman–Crippen LogP) is 7.27. The van der Waals surface area contributed by atoms with Crippen molar-refractivity contribution in [2.45, 2.75) is 40.5 Å². The van der Waals surface area contributed by atoms with Gasteiger partial charge >= 0.3 is 0 Å². The Morgan fingerprint density at radius 1 is 1.00 bits per heavy atom. The van der Waals surface area contributed by atoms with Crippen molar-refractivity contribution < 1.29 is 0 Å². The molecule has 1 aromatic rings. The number of nitrogens with one attached hydrogen (secondary N) is 2. The lowest BCUT2D eigenvalue weighted by molar-refractivity contribution is 0.259. The zero-order valence-corrected chi connectivity index (χ0v) is 24.1. The molecular formula is C35H49N3. The van der Waals surface area contributed by atoms with Gasteiger partial charge in [0.05, 0.1) is 0 Å². The Balaban J connectivity index is 1.84. The molecule has 0 unspecified atom stereocenters. The summed E-state index contributed by atoms with van der Waals surface area (Å²) < 4.78 is 0. The summed E-state index contributed by atoms with van der Waals surface area (Å²) in [6.45, 7) is 15.7. The van der Waals surface area contributed by atoms with Gasteiger partial charge in [0.15, 0.2) is 0 Å². The first-order valence-electron chi connectivity index (χ1n) is 14.3. The zero-order chi connectivity index (χ0) is 27.3. The van der Waals surface area contributed by atoms with Crippen LogP contribution < -0.4 is 10.6 Å². The minimum absolute atomic E-state index is 0.712. The maximum absolute atomic E-state index is 3.70. The van der Waals surface area contributed by atoms with Crippen molar-refractivity contribution >= 4 is 5.57 Å². The van der Waals surface area contributed by atoms with Gasteiger partial charge in [-0.15, -0.1) is 5.73 Å². The van der Waals surface area contributed by atoms with E-state index < -0.39 is 0 Å². The summed E-state index contributed by atoms with van der Waals surface area (Å²) in [6, 6.07) is 10.7. The molecular weight excluding hydrogens is 462 g/mol. The van der Waals surface area contributed by atoms with E-state index >= 15 is 0 Å². The van der Waals surface area contributed by atoms with E-state index in [-0.39, 0.29) is 0 Å². The Hall–Kier alpha value is -2.94. The van der Waals surface area contributed by atoms with Crippen LogP contribution in [0.25, 0.3) is 5.57 Å². The van der Waals surface area contributed by atoms with Crippen molar-refractivity contribution in [2.75, 3.05) is 45.8 Å². The summed E-state index contributed by atoms with van der Waals surface area (Å²) in [4.78, 5) is 2.59. The molecule has 0 atom stereocenters. The van der Waals surface area contributed by atoms with E-state index in [0.29, 0.717) is 5.92 Å². The Bertz CT molecular complexity index is 1030. The normalized spacial score (nSPS) is 14.4. The summed E-state index contributed by atoms with van der Waals surface area (Å²) in [5, 5.41) is 7.33. The highest BCUT2D eigenvalue weighted by atomic mass is 15.1. The molecule has 1 aromatic carbocycles. The van der Waals surface area contributed by atoms with Crippen LogP contribution in [0, 0.1) is 5.92 Å². The summed E-state index contributed by atoms with van der Waals surface area (Å²) in [7, 11) is 0. The molecule has 0 radical (unpaired) electrons. The second-order valence-corrected chi connectivity index (χ2v) is 10.00. The summed E-state index contributed by atoms with van der Waals surface area (Å²) in [5.74, 6) is 0.712. The quantitative estimate of drug-likeness (QED) is 0.123. The number of nitrogens with zero attached hydrogens (tertiary/aromatic N) is 1. The molecule has 1 aliphatic rings. The number of allylic oxidation sites excluding steroid dienone is 10. The van der Waals surface area contributed by atoms with E-state index in [9.17, 15) is 0 Å². The van der Waals surface area contributed by atoms with Gasteiger partial charge in [-0.2, -0.15) is 0 Å². The molecule has 0 heterocycles. The second-order valence-electron chi connectivity index (χ2n) is 10.00. The summed E-state index contributed by atoms with van der Waals surface area (Å²) in [5.41, 5.74) is 8.39. The van der Waals surface area contributed by atoms with Crippen molar-refractivity contribution in [3.63, 3.8) is 0 Å². The highest BCUT2D eigenvalue weighted by Gasteiger charge is 2.07. The molecule has 204 valence electrons. The van der Waals surface area contributed by atoms with Crippen LogP contribution in [0.4, 0.5) is 0 Å². The molecule has 0 fully saturated rings. The lowest BCUT2D eigenvalue weighted by Gasteiger charge is -2.24. The standard InChI is InChI=1S/C35H49N3/c1-5-7-10-16-32-17-14-15-18-33(28-32)29-36-23-26-38(25-22-31(3)4)27-24-37-30-35(21-11-8-6-2)34-19-12-9-13-20-34/h5,7-17,19-21,28,31,36-37H,6,22-27,29-30H2,1-4H3/b7-5-,11-8-,16-10-,35-21-. The predicted molar refractivity (Wildman–Crippen MR) is 168 cm³/mol. The zero-order valence-electron chi connectivity index (χ0n) is 24.1. The topological polar surface area (TPSA) is 27.3 Å². The lowest BCUT2D eigenvalue weighted by Crippen LogP contribution is -2.38. The third kappa shape index (κ3) is 14.1. The Morgan fingerprint density at radius 2 is 1.79 bits per heavy atom. The van der Waals surface area contributed by atoms with Crippen LogP contribution in [0.2, 0.25) is 0 Å². The first-order chi connectivity index (χ1) is 18.6. The Kier molecular flexibility index (Phi) is 16.5. The molecule has 0 amide bonds. The van der Waals surface area contributed by atoms with Crippen LogP contribution in [-0.2, 0) is 0 Å². The number of benzene rings is 1. The van der Waals surface area contributed by atoms with Gasteiger partial charge in [0, 0.05) is 44.8 Å². The number of rotatable bonds is 18. The van der Waals surface area contributed by atoms with E-state index in [1.807, 2.05) is 19.1 Å². The van der Waals surface area contributed by atoms with Gasteiger partial charge in [-0.25, -0.2) is 0 Å². The molecule has 0 saturated heterocycles. The highest BCUT2D eigenvalue weighted by molar-refractivity contribution is 5.68. The smallest absolute Gasteiger partial charge is 0.0279 e. The van der Waals surface area contributed by atoms with E-state index in [4.69, 9.17) is 0 Å². The first kappa shape index (κ1) is 31.3. The maximum Gasteiger partial charge on any atom is 0.0279 e. The molecule has 2 N–H and O–H groups in total. The van der Waals surface area contributed by atoms with Crippen molar-refractivity contribution in [3.8, 4) is 0 Å². The molecule has 38 heavy (non-hydrogen) atoms. The maximum atomic E-state index is 3.70. The molecule has 0 spiro atoms. The van der Waals surface area contributed by atoms with Gasteiger partial charge in [0.2, 0.25) is 0 Å². The Labute approximate surface area is 232 Å². The van der Waals surface area contributed by atoms with Gasteiger partial charge in [-0.3, -0.25) is 0 Å². The molecule has 3 nitrogen and oxygen atoms in total. The fourth-order valence-electron chi connectivity index (χ4n) is 4.02. The van der Waals surface area contributed by atoms with Crippen molar-refractivity contribution in [1.82, 2.24) is 15.5 Å². The molecule has 0 bridgehead atoms. The van der Waals surface area contributed by atoms with E-state index in [1.54, 1.807) is 0 Å². The fourth-order valence-corrected chi connectivity index (χ4v) is 4.02. The molecule has 0 saturated carbocycles. The highest BCUT2D eigenvalue weighted by Crippen LogP contribution is 2.13. The van der Waals surface area contributed by atoms with Crippen molar-refractivity contribution in [3.05, 3.63) is 120 Å². The van der Waals surface area contributed by atoms with Gasteiger partial charge in [-0.05, 0) is 61.1 Å². The fraction of sp³-hybridized carbons (Fsp3) is 0.400. The van der Waals surface area contributed by atoms with Crippen molar-refractivity contribution in [2.24, 2.45) is 5.92 Å². The first-order valence-corrected chi connectivity index (χ1v) is 14.3. The van der Waals surface area contributed by atoms with Gasteiger partial charge in [0.1, 0.15) is 0 Å². The van der Waals surface area contributed by atoms with Crippen molar-refractivity contribution in [1.29, 1.82) is 0 Å². The van der Waals surface area contributed by atoms with Crippen LogP contribution in [0.15, 0.2) is 114 Å². The molecule has 2 rings (SSSR count). The van der Waals surface area contributed by atoms with Crippen LogP contribution in [0.5, 0.6) is 0 Å². The molecule has 3 heteroatoms. The average molecular weight is 512 g/mol. The van der Waals surface area contributed by atoms with Crippen LogP contribution in [0.3, 0.4) is 0 Å². The molecule has 1 aliphatic carbocycles. The number of hydrogen-bond donors (Lipinski definition) is 2. The van der Waals surface area contributed by atoms with E-state index in [2.05, 4.69) is 127 Å². The minimum Gasteiger partial charge on any atom is -0.311 e. The van der Waals surface area contributed by atoms with E-state index in [1.165, 1.54) is 28.7 Å².